The summed E-state index contributed by atoms with van der Waals surface area (Å²) in [6.45, 7) is 0.956. The molecule has 1 heterocycles. The van der Waals surface area contributed by atoms with E-state index in [1.807, 2.05) is 24.3 Å². The largest absolute Gasteiger partial charge is 0.486 e. The Bertz CT molecular complexity index is 657. The molecule has 0 unspecified atom stereocenters. The van der Waals surface area contributed by atoms with Gasteiger partial charge in [0.2, 0.25) is 0 Å². The molecule has 102 valence electrons. The van der Waals surface area contributed by atoms with Gasteiger partial charge >= 0.3 is 0 Å². The number of ether oxygens (including phenoxy) is 2. The lowest BCUT2D eigenvalue weighted by Crippen LogP contribution is -2.20. The van der Waals surface area contributed by atoms with Crippen LogP contribution in [0.25, 0.3) is 0 Å². The van der Waals surface area contributed by atoms with Crippen LogP contribution in [0, 0.1) is 0 Å². The molecule has 1 aliphatic rings. The van der Waals surface area contributed by atoms with Gasteiger partial charge in [-0.15, -0.1) is 0 Å². The first-order valence-corrected chi connectivity index (χ1v) is 6.99. The molecule has 0 spiro atoms. The molecular formula is C15H12BrNO3. The van der Waals surface area contributed by atoms with E-state index in [1.54, 1.807) is 18.2 Å². The highest BCUT2D eigenvalue weighted by atomic mass is 79.9. The number of para-hydroxylation sites is 1. The molecule has 0 fully saturated rings. The molecule has 5 heteroatoms. The number of anilines is 1. The summed E-state index contributed by atoms with van der Waals surface area (Å²) >= 11 is 3.37. The molecule has 3 rings (SSSR count). The molecule has 4 nitrogen and oxygen atoms in total. The number of carbonyl (C=O) groups excluding carboxylic acids is 1. The number of halogens is 1. The van der Waals surface area contributed by atoms with Crippen LogP contribution in [0.2, 0.25) is 0 Å². The maximum Gasteiger partial charge on any atom is 0.259 e. The van der Waals surface area contributed by atoms with Crippen molar-refractivity contribution in [3.8, 4) is 11.5 Å². The molecule has 2 aromatic rings. The summed E-state index contributed by atoms with van der Waals surface area (Å²) in [4.78, 5) is 12.3. The third kappa shape index (κ3) is 2.63. The van der Waals surface area contributed by atoms with Gasteiger partial charge in [-0.25, -0.2) is 0 Å². The van der Waals surface area contributed by atoms with E-state index in [9.17, 15) is 4.79 Å². The fraction of sp³-hybridized carbons (Fsp3) is 0.133. The van der Waals surface area contributed by atoms with Crippen molar-refractivity contribution in [3.63, 3.8) is 0 Å². The predicted octanol–water partition coefficient (Wildman–Crippen LogP) is 3.47. The molecule has 0 radical (unpaired) electrons. The van der Waals surface area contributed by atoms with Gasteiger partial charge in [0.15, 0.2) is 11.5 Å². The van der Waals surface area contributed by atoms with Crippen LogP contribution in [0.1, 0.15) is 10.4 Å². The molecule has 20 heavy (non-hydrogen) atoms. The van der Waals surface area contributed by atoms with Crippen LogP contribution in [0.15, 0.2) is 46.9 Å². The Balaban J connectivity index is 1.88. The van der Waals surface area contributed by atoms with Gasteiger partial charge in [0.1, 0.15) is 13.2 Å². The lowest BCUT2D eigenvalue weighted by molar-refractivity contribution is 0.101. The van der Waals surface area contributed by atoms with E-state index >= 15 is 0 Å². The topological polar surface area (TPSA) is 47.6 Å². The quantitative estimate of drug-likeness (QED) is 0.915. The van der Waals surface area contributed by atoms with Crippen LogP contribution >= 0.6 is 15.9 Å². The predicted molar refractivity (Wildman–Crippen MR) is 79.5 cm³/mol. The van der Waals surface area contributed by atoms with Crippen molar-refractivity contribution in [2.75, 3.05) is 18.5 Å². The summed E-state index contributed by atoms with van der Waals surface area (Å²) in [5, 5.41) is 2.84. The number of hydrogen-bond donors (Lipinski definition) is 1. The smallest absolute Gasteiger partial charge is 0.259 e. The monoisotopic (exact) mass is 333 g/mol. The van der Waals surface area contributed by atoms with E-state index in [4.69, 9.17) is 9.47 Å². The number of hydrogen-bond acceptors (Lipinski definition) is 3. The van der Waals surface area contributed by atoms with Gasteiger partial charge in [0, 0.05) is 10.2 Å². The third-order valence-electron chi connectivity index (χ3n) is 2.89. The Labute approximate surface area is 124 Å². The van der Waals surface area contributed by atoms with Crippen LogP contribution in [-0.2, 0) is 0 Å². The summed E-state index contributed by atoms with van der Waals surface area (Å²) in [5.74, 6) is 0.898. The lowest BCUT2D eigenvalue weighted by atomic mass is 10.1. The average Bonchev–Trinajstić information content (AvgIpc) is 2.46. The maximum atomic E-state index is 12.3. The minimum absolute atomic E-state index is 0.217. The van der Waals surface area contributed by atoms with Crippen molar-refractivity contribution in [2.24, 2.45) is 0 Å². The summed E-state index contributed by atoms with van der Waals surface area (Å²) in [7, 11) is 0. The molecule has 0 bridgehead atoms. The van der Waals surface area contributed by atoms with Gasteiger partial charge in [0.05, 0.1) is 5.56 Å². The molecule has 1 amide bonds. The number of carbonyl (C=O) groups is 1. The van der Waals surface area contributed by atoms with Gasteiger partial charge in [-0.3, -0.25) is 4.79 Å². The highest BCUT2D eigenvalue weighted by Gasteiger charge is 2.20. The molecule has 2 aromatic carbocycles. The Morgan fingerprint density at radius 1 is 1.10 bits per heavy atom. The normalized spacial score (nSPS) is 12.8. The van der Waals surface area contributed by atoms with Crippen LogP contribution in [0.4, 0.5) is 5.69 Å². The third-order valence-corrected chi connectivity index (χ3v) is 3.39. The van der Waals surface area contributed by atoms with Gasteiger partial charge in [-0.2, -0.15) is 0 Å². The molecule has 1 N–H and O–H groups in total. The molecule has 0 aliphatic carbocycles. The van der Waals surface area contributed by atoms with Crippen molar-refractivity contribution >= 4 is 27.5 Å². The summed E-state index contributed by atoms with van der Waals surface area (Å²) < 4.78 is 11.9. The van der Waals surface area contributed by atoms with Gasteiger partial charge in [0.25, 0.3) is 5.91 Å². The van der Waals surface area contributed by atoms with Crippen LogP contribution in [-0.4, -0.2) is 19.1 Å². The minimum atomic E-state index is -0.217. The highest BCUT2D eigenvalue weighted by Crippen LogP contribution is 2.34. The SMILES string of the molecule is O=C(Nc1cccc(Br)c1)c1cccc2c1OCCO2. The zero-order chi connectivity index (χ0) is 13.9. The zero-order valence-electron chi connectivity index (χ0n) is 10.6. The van der Waals surface area contributed by atoms with Crippen molar-refractivity contribution in [2.45, 2.75) is 0 Å². The maximum absolute atomic E-state index is 12.3. The molecular weight excluding hydrogens is 322 g/mol. The summed E-state index contributed by atoms with van der Waals surface area (Å²) in [6, 6.07) is 12.7. The van der Waals surface area contributed by atoms with Crippen molar-refractivity contribution < 1.29 is 14.3 Å². The van der Waals surface area contributed by atoms with Crippen LogP contribution < -0.4 is 14.8 Å². The first-order chi connectivity index (χ1) is 9.74. The van der Waals surface area contributed by atoms with Crippen LogP contribution in [0.3, 0.4) is 0 Å². The fourth-order valence-electron chi connectivity index (χ4n) is 2.02. The number of nitrogens with one attached hydrogen (secondary N) is 1. The Morgan fingerprint density at radius 2 is 1.90 bits per heavy atom. The minimum Gasteiger partial charge on any atom is -0.486 e. The second kappa shape index (κ2) is 5.54. The van der Waals surface area contributed by atoms with Crippen molar-refractivity contribution in [1.82, 2.24) is 0 Å². The number of rotatable bonds is 2. The fourth-order valence-corrected chi connectivity index (χ4v) is 2.42. The van der Waals surface area contributed by atoms with Gasteiger partial charge in [-0.1, -0.05) is 28.1 Å². The van der Waals surface area contributed by atoms with E-state index in [1.165, 1.54) is 0 Å². The molecule has 0 saturated carbocycles. The van der Waals surface area contributed by atoms with Crippen molar-refractivity contribution in [3.05, 3.63) is 52.5 Å². The second-order valence-electron chi connectivity index (χ2n) is 4.29. The number of amides is 1. The lowest BCUT2D eigenvalue weighted by Gasteiger charge is -2.20. The first-order valence-electron chi connectivity index (χ1n) is 6.19. The second-order valence-corrected chi connectivity index (χ2v) is 5.21. The van der Waals surface area contributed by atoms with Crippen LogP contribution in [0.5, 0.6) is 11.5 Å². The molecule has 1 aliphatic heterocycles. The standard InChI is InChI=1S/C15H12BrNO3/c16-10-3-1-4-11(9-10)17-15(18)12-5-2-6-13-14(12)20-8-7-19-13/h1-6,9H,7-8H2,(H,17,18). The average molecular weight is 334 g/mol. The van der Waals surface area contributed by atoms with Gasteiger partial charge in [-0.05, 0) is 30.3 Å². The molecule has 0 aromatic heterocycles. The van der Waals surface area contributed by atoms with Gasteiger partial charge < -0.3 is 14.8 Å². The summed E-state index contributed by atoms with van der Waals surface area (Å²) in [5.41, 5.74) is 1.20. The Hall–Kier alpha value is -2.01. The van der Waals surface area contributed by atoms with E-state index < -0.39 is 0 Å². The molecule has 0 atom stereocenters. The number of benzene rings is 2. The van der Waals surface area contributed by atoms with E-state index in [2.05, 4.69) is 21.2 Å². The number of fused-ring (bicyclic) bond motifs is 1. The Morgan fingerprint density at radius 3 is 2.75 bits per heavy atom. The zero-order valence-corrected chi connectivity index (χ0v) is 12.1. The van der Waals surface area contributed by atoms with E-state index in [0.29, 0.717) is 30.3 Å². The highest BCUT2D eigenvalue weighted by molar-refractivity contribution is 9.10. The van der Waals surface area contributed by atoms with Crippen molar-refractivity contribution in [1.29, 1.82) is 0 Å². The first kappa shape index (κ1) is 13.0. The molecule has 0 saturated heterocycles. The van der Waals surface area contributed by atoms with E-state index in [-0.39, 0.29) is 5.91 Å². The van der Waals surface area contributed by atoms with E-state index in [0.717, 1.165) is 10.2 Å². The Kier molecular flexibility index (Phi) is 3.60. The summed E-state index contributed by atoms with van der Waals surface area (Å²) in [6.07, 6.45) is 0.